The second-order valence-corrected chi connectivity index (χ2v) is 5.40. The second-order valence-electron chi connectivity index (χ2n) is 5.09. The van der Waals surface area contributed by atoms with Gasteiger partial charge in [-0.3, -0.25) is 0 Å². The Hall–Kier alpha value is -0.730. The molecule has 1 aromatic carbocycles. The maximum atomic E-state index is 5.99. The van der Waals surface area contributed by atoms with Crippen LogP contribution in [0.5, 0.6) is 5.75 Å². The number of alkyl halides is 1. The first-order chi connectivity index (χ1) is 8.83. The summed E-state index contributed by atoms with van der Waals surface area (Å²) in [4.78, 5) is 0. The molecule has 1 aliphatic carbocycles. The number of halogens is 1. The number of hydrogen-bond acceptors (Lipinski definition) is 2. The monoisotopic (exact) mass is 267 g/mol. The predicted octanol–water partition coefficient (Wildman–Crippen LogP) is 3.44. The van der Waals surface area contributed by atoms with Crippen molar-refractivity contribution in [2.24, 2.45) is 11.8 Å². The fourth-order valence-corrected chi connectivity index (χ4v) is 3.18. The number of rotatable bonds is 6. The molecule has 1 aromatic rings. The average Bonchev–Trinajstić information content (AvgIpc) is 2.86. The quantitative estimate of drug-likeness (QED) is 0.798. The first-order valence-electron chi connectivity index (χ1n) is 6.73. The van der Waals surface area contributed by atoms with Gasteiger partial charge in [-0.15, -0.1) is 11.6 Å². The summed E-state index contributed by atoms with van der Waals surface area (Å²) in [5.41, 5.74) is 1.27. The third-order valence-corrected chi connectivity index (χ3v) is 4.28. The van der Waals surface area contributed by atoms with E-state index in [9.17, 15) is 0 Å². The van der Waals surface area contributed by atoms with Crippen LogP contribution in [-0.4, -0.2) is 19.5 Å². The van der Waals surface area contributed by atoms with Gasteiger partial charge in [-0.05, 0) is 48.9 Å². The predicted molar refractivity (Wildman–Crippen MR) is 76.3 cm³/mol. The molecule has 0 bridgehead atoms. The molecule has 1 N–H and O–H groups in total. The van der Waals surface area contributed by atoms with Gasteiger partial charge in [0.1, 0.15) is 5.75 Å². The van der Waals surface area contributed by atoms with Gasteiger partial charge >= 0.3 is 0 Å². The van der Waals surface area contributed by atoms with Crippen molar-refractivity contribution < 1.29 is 4.74 Å². The summed E-state index contributed by atoms with van der Waals surface area (Å²) in [7, 11) is 1.70. The third kappa shape index (κ3) is 3.63. The zero-order valence-corrected chi connectivity index (χ0v) is 11.7. The summed E-state index contributed by atoms with van der Waals surface area (Å²) in [6, 6.07) is 8.22. The van der Waals surface area contributed by atoms with E-state index in [0.717, 1.165) is 30.6 Å². The van der Waals surface area contributed by atoms with Crippen LogP contribution in [0.2, 0.25) is 0 Å². The minimum Gasteiger partial charge on any atom is -0.497 e. The molecule has 0 heterocycles. The summed E-state index contributed by atoms with van der Waals surface area (Å²) < 4.78 is 5.22. The minimum absolute atomic E-state index is 0.712. The average molecular weight is 268 g/mol. The summed E-state index contributed by atoms with van der Waals surface area (Å²) in [6.45, 7) is 1.98. The lowest BCUT2D eigenvalue weighted by Gasteiger charge is -2.17. The molecule has 100 valence electrons. The molecule has 0 amide bonds. The first-order valence-corrected chi connectivity index (χ1v) is 7.26. The van der Waals surface area contributed by atoms with Crippen molar-refractivity contribution in [3.05, 3.63) is 29.8 Å². The fraction of sp³-hybridized carbons (Fsp3) is 0.600. The molecule has 0 aliphatic heterocycles. The van der Waals surface area contributed by atoms with E-state index in [4.69, 9.17) is 16.3 Å². The number of ether oxygens (including phenoxy) is 1. The molecule has 2 rings (SSSR count). The van der Waals surface area contributed by atoms with E-state index in [0.29, 0.717) is 5.92 Å². The molecule has 1 fully saturated rings. The highest BCUT2D eigenvalue weighted by Gasteiger charge is 2.25. The maximum absolute atomic E-state index is 5.99. The van der Waals surface area contributed by atoms with E-state index in [-0.39, 0.29) is 0 Å². The van der Waals surface area contributed by atoms with Crippen LogP contribution in [0.1, 0.15) is 24.8 Å². The Balaban J connectivity index is 1.77. The molecule has 2 atom stereocenters. The van der Waals surface area contributed by atoms with Crippen LogP contribution in [0.3, 0.4) is 0 Å². The van der Waals surface area contributed by atoms with Gasteiger partial charge in [0.15, 0.2) is 0 Å². The molecule has 18 heavy (non-hydrogen) atoms. The van der Waals surface area contributed by atoms with Crippen LogP contribution in [-0.2, 0) is 6.54 Å². The third-order valence-electron chi connectivity index (χ3n) is 3.88. The van der Waals surface area contributed by atoms with Gasteiger partial charge < -0.3 is 10.1 Å². The highest BCUT2D eigenvalue weighted by molar-refractivity contribution is 6.18. The number of methoxy groups -OCH3 is 1. The fourth-order valence-electron chi connectivity index (χ4n) is 2.77. The lowest BCUT2D eigenvalue weighted by molar-refractivity contribution is 0.394. The van der Waals surface area contributed by atoms with Gasteiger partial charge in [-0.25, -0.2) is 0 Å². The summed E-state index contributed by atoms with van der Waals surface area (Å²) in [6.07, 6.45) is 3.96. The molecular weight excluding hydrogens is 246 g/mol. The standard InChI is InChI=1S/C15H22ClNO/c1-18-15-7-2-4-12(8-15)10-17-11-14-6-3-5-13(14)9-16/h2,4,7-8,13-14,17H,3,5-6,9-11H2,1H3. The molecule has 0 radical (unpaired) electrons. The van der Waals surface area contributed by atoms with E-state index in [1.54, 1.807) is 7.11 Å². The topological polar surface area (TPSA) is 21.3 Å². The Morgan fingerprint density at radius 1 is 1.33 bits per heavy atom. The maximum Gasteiger partial charge on any atom is 0.119 e. The van der Waals surface area contributed by atoms with Crippen molar-refractivity contribution in [2.75, 3.05) is 19.5 Å². The van der Waals surface area contributed by atoms with Gasteiger partial charge in [0.05, 0.1) is 7.11 Å². The van der Waals surface area contributed by atoms with Gasteiger partial charge in [-0.2, -0.15) is 0 Å². The summed E-state index contributed by atoms with van der Waals surface area (Å²) in [5, 5.41) is 3.55. The van der Waals surface area contributed by atoms with E-state index in [2.05, 4.69) is 17.4 Å². The Morgan fingerprint density at radius 2 is 2.17 bits per heavy atom. The van der Waals surface area contributed by atoms with Gasteiger partial charge in [-0.1, -0.05) is 18.6 Å². The van der Waals surface area contributed by atoms with Crippen molar-refractivity contribution in [3.8, 4) is 5.75 Å². The Labute approximate surface area is 115 Å². The van der Waals surface area contributed by atoms with Crippen molar-refractivity contribution in [1.29, 1.82) is 0 Å². The number of hydrogen-bond donors (Lipinski definition) is 1. The van der Waals surface area contributed by atoms with E-state index >= 15 is 0 Å². The largest absolute Gasteiger partial charge is 0.497 e. The van der Waals surface area contributed by atoms with Gasteiger partial charge in [0.2, 0.25) is 0 Å². The molecule has 1 saturated carbocycles. The Morgan fingerprint density at radius 3 is 2.94 bits per heavy atom. The lowest BCUT2D eigenvalue weighted by atomic mass is 9.98. The zero-order valence-electron chi connectivity index (χ0n) is 11.0. The summed E-state index contributed by atoms with van der Waals surface area (Å²) >= 11 is 5.99. The molecule has 0 saturated heterocycles. The molecular formula is C15H22ClNO. The van der Waals surface area contributed by atoms with Gasteiger partial charge in [0, 0.05) is 12.4 Å². The van der Waals surface area contributed by atoms with Crippen LogP contribution in [0, 0.1) is 11.8 Å². The Kier molecular flexibility index (Phi) is 5.33. The molecule has 3 heteroatoms. The highest BCUT2D eigenvalue weighted by atomic mass is 35.5. The molecule has 1 aliphatic rings. The molecule has 2 nitrogen and oxygen atoms in total. The molecule has 2 unspecified atom stereocenters. The summed E-state index contributed by atoms with van der Waals surface area (Å²) in [5.74, 6) is 3.21. The highest BCUT2D eigenvalue weighted by Crippen LogP contribution is 2.31. The second kappa shape index (κ2) is 7.01. The SMILES string of the molecule is COc1cccc(CNCC2CCCC2CCl)c1. The van der Waals surface area contributed by atoms with Crippen molar-refractivity contribution >= 4 is 11.6 Å². The van der Waals surface area contributed by atoms with Crippen LogP contribution in [0.25, 0.3) is 0 Å². The van der Waals surface area contributed by atoms with Crippen molar-refractivity contribution in [2.45, 2.75) is 25.8 Å². The number of benzene rings is 1. The lowest BCUT2D eigenvalue weighted by Crippen LogP contribution is -2.25. The van der Waals surface area contributed by atoms with Gasteiger partial charge in [0.25, 0.3) is 0 Å². The van der Waals surface area contributed by atoms with Crippen LogP contribution >= 0.6 is 11.6 Å². The first kappa shape index (κ1) is 13.7. The van der Waals surface area contributed by atoms with E-state index < -0.39 is 0 Å². The Bertz CT molecular complexity index is 369. The molecule has 0 aromatic heterocycles. The zero-order chi connectivity index (χ0) is 12.8. The van der Waals surface area contributed by atoms with Crippen molar-refractivity contribution in [1.82, 2.24) is 5.32 Å². The normalized spacial score (nSPS) is 23.2. The smallest absolute Gasteiger partial charge is 0.119 e. The molecule has 0 spiro atoms. The van der Waals surface area contributed by atoms with E-state index in [1.807, 2.05) is 12.1 Å². The van der Waals surface area contributed by atoms with Crippen LogP contribution < -0.4 is 10.1 Å². The van der Waals surface area contributed by atoms with E-state index in [1.165, 1.54) is 24.8 Å². The minimum atomic E-state index is 0.712. The van der Waals surface area contributed by atoms with Crippen molar-refractivity contribution in [3.63, 3.8) is 0 Å². The van der Waals surface area contributed by atoms with Crippen LogP contribution in [0.4, 0.5) is 0 Å². The van der Waals surface area contributed by atoms with Crippen LogP contribution in [0.15, 0.2) is 24.3 Å². The number of nitrogens with one attached hydrogen (secondary N) is 1.